The van der Waals surface area contributed by atoms with Crippen molar-refractivity contribution in [1.82, 2.24) is 5.43 Å². The maximum Gasteiger partial charge on any atom is 0.329 e. The van der Waals surface area contributed by atoms with Crippen molar-refractivity contribution in [2.24, 2.45) is 5.10 Å². The SMILES string of the molecule is C#CCOc1ccccc1/C=N\NC(=O)C(=O)Nc1cccc2ccccc12. The molecular weight excluding hydrogens is 354 g/mol. The fourth-order valence-corrected chi connectivity index (χ4v) is 2.56. The summed E-state index contributed by atoms with van der Waals surface area (Å²) >= 11 is 0. The molecule has 3 rings (SSSR count). The van der Waals surface area contributed by atoms with E-state index in [1.807, 2.05) is 30.3 Å². The van der Waals surface area contributed by atoms with Gasteiger partial charge in [-0.3, -0.25) is 9.59 Å². The summed E-state index contributed by atoms with van der Waals surface area (Å²) in [7, 11) is 0. The second-order valence-corrected chi connectivity index (χ2v) is 5.71. The van der Waals surface area contributed by atoms with E-state index in [9.17, 15) is 9.59 Å². The Hall–Kier alpha value is -4.11. The summed E-state index contributed by atoms with van der Waals surface area (Å²) in [6.07, 6.45) is 6.57. The first-order valence-corrected chi connectivity index (χ1v) is 8.46. The lowest BCUT2D eigenvalue weighted by Crippen LogP contribution is -2.32. The lowest BCUT2D eigenvalue weighted by Gasteiger charge is -2.08. The molecule has 2 N–H and O–H groups in total. The van der Waals surface area contributed by atoms with Gasteiger partial charge in [-0.15, -0.1) is 6.42 Å². The van der Waals surface area contributed by atoms with Gasteiger partial charge >= 0.3 is 11.8 Å². The molecule has 28 heavy (non-hydrogen) atoms. The number of nitrogens with one attached hydrogen (secondary N) is 2. The lowest BCUT2D eigenvalue weighted by molar-refractivity contribution is -0.136. The number of anilines is 1. The van der Waals surface area contributed by atoms with E-state index in [1.165, 1.54) is 6.21 Å². The first kappa shape index (κ1) is 18.7. The summed E-state index contributed by atoms with van der Waals surface area (Å²) in [5.41, 5.74) is 3.37. The molecule has 6 heteroatoms. The van der Waals surface area contributed by atoms with Crippen LogP contribution in [0.5, 0.6) is 5.75 Å². The number of rotatable bonds is 5. The number of hydrogen-bond acceptors (Lipinski definition) is 4. The van der Waals surface area contributed by atoms with Crippen molar-refractivity contribution >= 4 is 34.5 Å². The molecule has 138 valence electrons. The van der Waals surface area contributed by atoms with Crippen LogP contribution in [0.3, 0.4) is 0 Å². The van der Waals surface area contributed by atoms with Crippen LogP contribution >= 0.6 is 0 Å². The smallest absolute Gasteiger partial charge is 0.329 e. The molecule has 0 unspecified atom stereocenters. The normalized spacial score (nSPS) is 10.4. The molecule has 0 atom stereocenters. The highest BCUT2D eigenvalue weighted by Crippen LogP contribution is 2.22. The number of benzene rings is 3. The van der Waals surface area contributed by atoms with E-state index >= 15 is 0 Å². The highest BCUT2D eigenvalue weighted by molar-refractivity contribution is 6.40. The van der Waals surface area contributed by atoms with Crippen molar-refractivity contribution < 1.29 is 14.3 Å². The molecule has 6 nitrogen and oxygen atoms in total. The molecule has 0 saturated carbocycles. The Bertz CT molecular complexity index is 1080. The molecule has 0 aliphatic rings. The second kappa shape index (κ2) is 9.01. The molecule has 0 heterocycles. The standard InChI is InChI=1S/C22H17N3O3/c1-2-14-28-20-13-6-4-9-17(20)15-23-25-22(27)21(26)24-19-12-7-10-16-8-3-5-11-18(16)19/h1,3-13,15H,14H2,(H,24,26)(H,25,27)/b23-15-. The summed E-state index contributed by atoms with van der Waals surface area (Å²) in [4.78, 5) is 24.2. The van der Waals surface area contributed by atoms with E-state index in [2.05, 4.69) is 21.8 Å². The predicted octanol–water partition coefficient (Wildman–Crippen LogP) is 2.94. The van der Waals surface area contributed by atoms with Crippen LogP contribution in [0.2, 0.25) is 0 Å². The van der Waals surface area contributed by atoms with Crippen molar-refractivity contribution in [3.05, 3.63) is 72.3 Å². The third-order valence-electron chi connectivity index (χ3n) is 3.84. The number of terminal acetylenes is 1. The number of ether oxygens (including phenoxy) is 1. The summed E-state index contributed by atoms with van der Waals surface area (Å²) in [6.45, 7) is 0.116. The number of fused-ring (bicyclic) bond motifs is 1. The van der Waals surface area contributed by atoms with Crippen molar-refractivity contribution in [2.45, 2.75) is 0 Å². The van der Waals surface area contributed by atoms with Gasteiger partial charge in [0.15, 0.2) is 0 Å². The summed E-state index contributed by atoms with van der Waals surface area (Å²) < 4.78 is 5.39. The first-order chi connectivity index (χ1) is 13.7. The van der Waals surface area contributed by atoms with Gasteiger partial charge in [0, 0.05) is 16.6 Å². The van der Waals surface area contributed by atoms with Gasteiger partial charge in [0.05, 0.1) is 6.21 Å². The van der Waals surface area contributed by atoms with Crippen LogP contribution < -0.4 is 15.5 Å². The number of para-hydroxylation sites is 1. The second-order valence-electron chi connectivity index (χ2n) is 5.71. The van der Waals surface area contributed by atoms with Gasteiger partial charge in [0.1, 0.15) is 12.4 Å². The number of carbonyl (C=O) groups excluding carboxylic acids is 2. The van der Waals surface area contributed by atoms with Crippen LogP contribution in [0.1, 0.15) is 5.56 Å². The first-order valence-electron chi connectivity index (χ1n) is 8.46. The molecule has 0 fully saturated rings. The Morgan fingerprint density at radius 2 is 1.75 bits per heavy atom. The zero-order chi connectivity index (χ0) is 19.8. The van der Waals surface area contributed by atoms with Gasteiger partial charge < -0.3 is 10.1 Å². The van der Waals surface area contributed by atoms with E-state index < -0.39 is 11.8 Å². The number of nitrogens with zero attached hydrogens (tertiary/aromatic N) is 1. The number of hydrazone groups is 1. The molecule has 0 spiro atoms. The molecule has 2 amide bonds. The van der Waals surface area contributed by atoms with Gasteiger partial charge in [-0.1, -0.05) is 54.5 Å². The van der Waals surface area contributed by atoms with Gasteiger partial charge in [0.25, 0.3) is 0 Å². The molecule has 0 aliphatic heterocycles. The third kappa shape index (κ3) is 4.54. The number of carbonyl (C=O) groups is 2. The quantitative estimate of drug-likeness (QED) is 0.313. The Morgan fingerprint density at radius 1 is 1.00 bits per heavy atom. The van der Waals surface area contributed by atoms with E-state index in [0.717, 1.165) is 10.8 Å². The predicted molar refractivity (Wildman–Crippen MR) is 109 cm³/mol. The van der Waals surface area contributed by atoms with Gasteiger partial charge in [-0.05, 0) is 23.6 Å². The summed E-state index contributed by atoms with van der Waals surface area (Å²) in [5, 5.41) is 8.22. The zero-order valence-corrected chi connectivity index (χ0v) is 14.9. The zero-order valence-electron chi connectivity index (χ0n) is 14.9. The number of amides is 2. The molecule has 0 saturated heterocycles. The van der Waals surface area contributed by atoms with E-state index in [-0.39, 0.29) is 6.61 Å². The van der Waals surface area contributed by atoms with E-state index in [0.29, 0.717) is 17.0 Å². The maximum absolute atomic E-state index is 12.2. The van der Waals surface area contributed by atoms with Crippen molar-refractivity contribution in [3.63, 3.8) is 0 Å². The Balaban J connectivity index is 1.64. The molecule has 0 aromatic heterocycles. The Labute approximate surface area is 162 Å². The van der Waals surface area contributed by atoms with Gasteiger partial charge in [0.2, 0.25) is 0 Å². The molecule has 0 aliphatic carbocycles. The topological polar surface area (TPSA) is 79.8 Å². The highest BCUT2D eigenvalue weighted by Gasteiger charge is 2.14. The van der Waals surface area contributed by atoms with Crippen LogP contribution in [0.4, 0.5) is 5.69 Å². The van der Waals surface area contributed by atoms with Gasteiger partial charge in [-0.25, -0.2) is 5.43 Å². The largest absolute Gasteiger partial charge is 0.480 e. The maximum atomic E-state index is 12.2. The minimum Gasteiger partial charge on any atom is -0.480 e. The molecule has 0 bridgehead atoms. The minimum atomic E-state index is -0.883. The average Bonchev–Trinajstić information content (AvgIpc) is 2.73. The van der Waals surface area contributed by atoms with Crippen molar-refractivity contribution in [1.29, 1.82) is 0 Å². The lowest BCUT2D eigenvalue weighted by atomic mass is 10.1. The Kier molecular flexibility index (Phi) is 6.01. The van der Waals surface area contributed by atoms with Crippen LogP contribution in [0.25, 0.3) is 10.8 Å². The summed E-state index contributed by atoms with van der Waals surface area (Å²) in [5.74, 6) is 1.21. The summed E-state index contributed by atoms with van der Waals surface area (Å²) in [6, 6.07) is 20.1. The fraction of sp³-hybridized carbons (Fsp3) is 0.0455. The molecule has 3 aromatic rings. The van der Waals surface area contributed by atoms with E-state index in [1.54, 1.807) is 36.4 Å². The monoisotopic (exact) mass is 371 g/mol. The fourth-order valence-electron chi connectivity index (χ4n) is 2.56. The Morgan fingerprint density at radius 3 is 2.61 bits per heavy atom. The van der Waals surface area contributed by atoms with Gasteiger partial charge in [-0.2, -0.15) is 5.10 Å². The van der Waals surface area contributed by atoms with Crippen LogP contribution in [0, 0.1) is 12.3 Å². The molecular formula is C22H17N3O3. The van der Waals surface area contributed by atoms with Crippen LogP contribution in [0.15, 0.2) is 71.8 Å². The van der Waals surface area contributed by atoms with Crippen molar-refractivity contribution in [2.75, 3.05) is 11.9 Å². The van der Waals surface area contributed by atoms with Crippen LogP contribution in [-0.4, -0.2) is 24.6 Å². The molecule has 3 aromatic carbocycles. The van der Waals surface area contributed by atoms with Crippen LogP contribution in [-0.2, 0) is 9.59 Å². The third-order valence-corrected chi connectivity index (χ3v) is 3.84. The van der Waals surface area contributed by atoms with E-state index in [4.69, 9.17) is 11.2 Å². The average molecular weight is 371 g/mol. The highest BCUT2D eigenvalue weighted by atomic mass is 16.5. The number of hydrogen-bond donors (Lipinski definition) is 2. The molecule has 0 radical (unpaired) electrons. The minimum absolute atomic E-state index is 0.116. The van der Waals surface area contributed by atoms with Crippen molar-refractivity contribution in [3.8, 4) is 18.1 Å².